The number of amides is 3. The van der Waals surface area contributed by atoms with Crippen LogP contribution in [0.2, 0.25) is 0 Å². The smallest absolute Gasteiger partial charge is 0.373 e. The molecule has 2 aromatic carbocycles. The number of fused-ring (bicyclic) bond motifs is 1. The van der Waals surface area contributed by atoms with Crippen LogP contribution < -0.4 is 5.32 Å². The number of carbonyl (C=O) groups is 4. The fraction of sp³-hybridized carbons (Fsp3) is 0.111. The molecule has 1 fully saturated rings. The molecule has 1 N–H and O–H groups in total. The molecule has 37 heavy (non-hydrogen) atoms. The van der Waals surface area contributed by atoms with Crippen molar-refractivity contribution in [2.45, 2.75) is 13.1 Å². The summed E-state index contributed by atoms with van der Waals surface area (Å²) in [5.41, 5.74) is 2.23. The SMILES string of the molecule is COC(=O)c1ccc(CN2C(=O)S/C(=C/c3cn(CC(=O)Nc4ccccc4)c4ccccc34)C2=O)o1. The molecule has 2 aromatic heterocycles. The van der Waals surface area contributed by atoms with Crippen LogP contribution in [-0.4, -0.2) is 39.6 Å². The lowest BCUT2D eigenvalue weighted by Crippen LogP contribution is -2.27. The Labute approximate surface area is 215 Å². The Hall–Kier alpha value is -4.57. The Kier molecular flexibility index (Phi) is 6.65. The lowest BCUT2D eigenvalue weighted by atomic mass is 10.1. The quantitative estimate of drug-likeness (QED) is 0.275. The van der Waals surface area contributed by atoms with Crippen LogP contribution in [0.25, 0.3) is 17.0 Å². The van der Waals surface area contributed by atoms with E-state index in [1.54, 1.807) is 16.8 Å². The maximum atomic E-state index is 13.1. The molecule has 0 aliphatic carbocycles. The van der Waals surface area contributed by atoms with Crippen LogP contribution in [0.5, 0.6) is 0 Å². The zero-order valence-electron chi connectivity index (χ0n) is 19.7. The van der Waals surface area contributed by atoms with Crippen molar-refractivity contribution in [3.63, 3.8) is 0 Å². The van der Waals surface area contributed by atoms with E-state index in [-0.39, 0.29) is 35.4 Å². The number of hydrogen-bond acceptors (Lipinski definition) is 7. The highest BCUT2D eigenvalue weighted by molar-refractivity contribution is 8.18. The first-order valence-corrected chi connectivity index (χ1v) is 12.1. The molecular formula is C27H21N3O6S. The van der Waals surface area contributed by atoms with Gasteiger partial charge in [-0.1, -0.05) is 36.4 Å². The molecule has 1 aliphatic rings. The van der Waals surface area contributed by atoms with Gasteiger partial charge in [0.1, 0.15) is 12.3 Å². The van der Waals surface area contributed by atoms with Crippen LogP contribution in [0.3, 0.4) is 0 Å². The van der Waals surface area contributed by atoms with E-state index in [1.807, 2.05) is 54.6 Å². The zero-order valence-corrected chi connectivity index (χ0v) is 20.5. The van der Waals surface area contributed by atoms with Crippen molar-refractivity contribution in [3.05, 3.63) is 94.9 Å². The molecule has 4 aromatic rings. The summed E-state index contributed by atoms with van der Waals surface area (Å²) in [6.45, 7) is -0.0356. The molecule has 9 nitrogen and oxygen atoms in total. The van der Waals surface area contributed by atoms with E-state index < -0.39 is 17.1 Å². The van der Waals surface area contributed by atoms with Gasteiger partial charge in [-0.3, -0.25) is 19.3 Å². The van der Waals surface area contributed by atoms with Crippen molar-refractivity contribution in [1.82, 2.24) is 9.47 Å². The van der Waals surface area contributed by atoms with Crippen LogP contribution in [-0.2, 0) is 27.4 Å². The maximum Gasteiger partial charge on any atom is 0.373 e. The van der Waals surface area contributed by atoms with Crippen molar-refractivity contribution in [2.24, 2.45) is 0 Å². The predicted molar refractivity (Wildman–Crippen MR) is 139 cm³/mol. The van der Waals surface area contributed by atoms with E-state index in [9.17, 15) is 19.2 Å². The van der Waals surface area contributed by atoms with E-state index in [1.165, 1.54) is 19.2 Å². The van der Waals surface area contributed by atoms with Crippen molar-refractivity contribution in [2.75, 3.05) is 12.4 Å². The Morgan fingerprint density at radius 1 is 1.03 bits per heavy atom. The summed E-state index contributed by atoms with van der Waals surface area (Å²) in [6, 6.07) is 19.7. The molecule has 0 bridgehead atoms. The van der Waals surface area contributed by atoms with Gasteiger partial charge in [0.15, 0.2) is 0 Å². The summed E-state index contributed by atoms with van der Waals surface area (Å²) < 4.78 is 11.8. The predicted octanol–water partition coefficient (Wildman–Crippen LogP) is 4.90. The van der Waals surface area contributed by atoms with Crippen molar-refractivity contribution in [1.29, 1.82) is 0 Å². The Morgan fingerprint density at radius 3 is 2.57 bits per heavy atom. The van der Waals surface area contributed by atoms with E-state index in [0.717, 1.165) is 27.6 Å². The molecule has 0 radical (unpaired) electrons. The van der Waals surface area contributed by atoms with Gasteiger partial charge in [-0.05, 0) is 48.2 Å². The first-order chi connectivity index (χ1) is 17.9. The highest BCUT2D eigenvalue weighted by Gasteiger charge is 2.36. The molecule has 5 rings (SSSR count). The minimum absolute atomic E-state index is 0.0101. The highest BCUT2D eigenvalue weighted by atomic mass is 32.2. The van der Waals surface area contributed by atoms with Gasteiger partial charge in [0.2, 0.25) is 11.7 Å². The number of nitrogens with zero attached hydrogens (tertiary/aromatic N) is 2. The second-order valence-electron chi connectivity index (χ2n) is 8.17. The molecule has 186 valence electrons. The third kappa shape index (κ3) is 5.05. The summed E-state index contributed by atoms with van der Waals surface area (Å²) >= 11 is 0.824. The van der Waals surface area contributed by atoms with Gasteiger partial charge in [-0.2, -0.15) is 0 Å². The van der Waals surface area contributed by atoms with E-state index >= 15 is 0 Å². The number of carbonyl (C=O) groups excluding carboxylic acids is 4. The number of hydrogen-bond donors (Lipinski definition) is 1. The van der Waals surface area contributed by atoms with Gasteiger partial charge in [-0.15, -0.1) is 0 Å². The standard InChI is InChI=1S/C27H21N3O6S/c1-35-26(33)22-12-11-19(36-22)15-30-25(32)23(37-27(30)34)13-17-14-29(21-10-6-5-9-20(17)21)16-24(31)28-18-7-3-2-4-8-18/h2-14H,15-16H2,1H3,(H,28,31)/b23-13+. The molecule has 0 unspecified atom stereocenters. The summed E-state index contributed by atoms with van der Waals surface area (Å²) in [7, 11) is 1.23. The normalized spacial score (nSPS) is 14.5. The molecule has 10 heteroatoms. The molecule has 0 atom stereocenters. The summed E-state index contributed by atoms with van der Waals surface area (Å²) in [5, 5.41) is 3.27. The average Bonchev–Trinajstić information content (AvgIpc) is 3.58. The van der Waals surface area contributed by atoms with Crippen molar-refractivity contribution < 1.29 is 28.3 Å². The molecule has 3 amide bonds. The van der Waals surface area contributed by atoms with Gasteiger partial charge in [0, 0.05) is 28.4 Å². The van der Waals surface area contributed by atoms with Gasteiger partial charge in [-0.25, -0.2) is 4.79 Å². The number of nitrogens with one attached hydrogen (secondary N) is 1. The number of para-hydroxylation sites is 2. The lowest BCUT2D eigenvalue weighted by molar-refractivity contribution is -0.123. The molecule has 0 spiro atoms. The molecule has 0 saturated carbocycles. The average molecular weight is 516 g/mol. The summed E-state index contributed by atoms with van der Waals surface area (Å²) in [6.07, 6.45) is 3.44. The minimum Gasteiger partial charge on any atom is -0.463 e. The third-order valence-corrected chi connectivity index (χ3v) is 6.62. The number of ether oxygens (including phenoxy) is 1. The molecule has 1 saturated heterocycles. The molecule has 1 aliphatic heterocycles. The number of furan rings is 1. The second-order valence-corrected chi connectivity index (χ2v) is 9.16. The highest BCUT2D eigenvalue weighted by Crippen LogP contribution is 2.35. The Morgan fingerprint density at radius 2 is 1.78 bits per heavy atom. The topological polar surface area (TPSA) is 111 Å². The fourth-order valence-electron chi connectivity index (χ4n) is 4.00. The number of esters is 1. The van der Waals surface area contributed by atoms with Crippen LogP contribution in [0.15, 0.2) is 82.2 Å². The minimum atomic E-state index is -0.644. The number of benzene rings is 2. The largest absolute Gasteiger partial charge is 0.463 e. The number of methoxy groups -OCH3 is 1. The second kappa shape index (κ2) is 10.2. The summed E-state index contributed by atoms with van der Waals surface area (Å²) in [4.78, 5) is 51.2. The Balaban J connectivity index is 1.37. The van der Waals surface area contributed by atoms with Crippen LogP contribution in [0, 0.1) is 0 Å². The zero-order chi connectivity index (χ0) is 25.9. The van der Waals surface area contributed by atoms with Crippen LogP contribution in [0.1, 0.15) is 21.9 Å². The first-order valence-electron chi connectivity index (χ1n) is 11.3. The number of imide groups is 1. The van der Waals surface area contributed by atoms with Crippen LogP contribution >= 0.6 is 11.8 Å². The van der Waals surface area contributed by atoms with Gasteiger partial charge >= 0.3 is 5.97 Å². The lowest BCUT2D eigenvalue weighted by Gasteiger charge is -2.09. The monoisotopic (exact) mass is 515 g/mol. The summed E-state index contributed by atoms with van der Waals surface area (Å²) in [5.74, 6) is -1.03. The fourth-order valence-corrected chi connectivity index (χ4v) is 4.83. The van der Waals surface area contributed by atoms with Gasteiger partial charge < -0.3 is 19.0 Å². The van der Waals surface area contributed by atoms with Crippen LogP contribution in [0.4, 0.5) is 10.5 Å². The van der Waals surface area contributed by atoms with Gasteiger partial charge in [0.25, 0.3) is 11.1 Å². The molecular weight excluding hydrogens is 494 g/mol. The third-order valence-electron chi connectivity index (χ3n) is 5.71. The number of rotatable bonds is 7. The Bertz CT molecular complexity index is 1550. The van der Waals surface area contributed by atoms with E-state index in [2.05, 4.69) is 10.1 Å². The number of anilines is 1. The van der Waals surface area contributed by atoms with E-state index in [4.69, 9.17) is 4.42 Å². The number of thioether (sulfide) groups is 1. The van der Waals surface area contributed by atoms with E-state index in [0.29, 0.717) is 11.3 Å². The first kappa shape index (κ1) is 24.1. The van der Waals surface area contributed by atoms with Gasteiger partial charge in [0.05, 0.1) is 18.6 Å². The molecule has 3 heterocycles. The maximum absolute atomic E-state index is 13.1. The number of aromatic nitrogens is 1. The van der Waals surface area contributed by atoms with Crippen molar-refractivity contribution in [3.8, 4) is 0 Å². The van der Waals surface area contributed by atoms with Crippen molar-refractivity contribution >= 4 is 57.5 Å².